The smallest absolute Gasteiger partial charge is 0.339 e. The molecule has 1 aliphatic rings. The Morgan fingerprint density at radius 1 is 1.15 bits per heavy atom. The van der Waals surface area contributed by atoms with Crippen molar-refractivity contribution in [1.82, 2.24) is 5.32 Å². The monoisotopic (exact) mass is 389 g/mol. The molecule has 0 fully saturated rings. The van der Waals surface area contributed by atoms with E-state index in [9.17, 15) is 9.59 Å². The van der Waals surface area contributed by atoms with Crippen molar-refractivity contribution in [2.75, 3.05) is 13.2 Å². The van der Waals surface area contributed by atoms with Crippen LogP contribution in [0, 0.1) is 0 Å². The topological polar surface area (TPSA) is 73.9 Å². The van der Waals surface area contributed by atoms with Crippen molar-refractivity contribution in [2.45, 2.75) is 26.0 Å². The van der Waals surface area contributed by atoms with Crippen LogP contribution in [0.4, 0.5) is 0 Å². The normalized spacial score (nSPS) is 14.0. The second kappa shape index (κ2) is 8.77. The Bertz CT molecular complexity index is 839. The fourth-order valence-corrected chi connectivity index (χ4v) is 2.74. The Morgan fingerprint density at radius 3 is 2.67 bits per heavy atom. The Hall–Kier alpha value is -2.73. The third kappa shape index (κ3) is 4.92. The van der Waals surface area contributed by atoms with Crippen LogP contribution in [0.1, 0.15) is 29.3 Å². The number of hydrogen-bond donors (Lipinski definition) is 1. The van der Waals surface area contributed by atoms with Gasteiger partial charge in [-0.05, 0) is 36.8 Å². The maximum Gasteiger partial charge on any atom is 0.339 e. The van der Waals surface area contributed by atoms with E-state index in [4.69, 9.17) is 25.8 Å². The van der Waals surface area contributed by atoms with E-state index in [0.29, 0.717) is 35.3 Å². The molecule has 1 atom stereocenters. The number of hydrogen-bond acceptors (Lipinski definition) is 5. The summed E-state index contributed by atoms with van der Waals surface area (Å²) >= 11 is 6.06. The van der Waals surface area contributed by atoms with Gasteiger partial charge in [0, 0.05) is 18.0 Å². The lowest BCUT2D eigenvalue weighted by Gasteiger charge is -2.15. The number of fused-ring (bicyclic) bond motifs is 1. The average molecular weight is 390 g/mol. The molecule has 1 heterocycles. The first-order valence-corrected chi connectivity index (χ1v) is 9.04. The van der Waals surface area contributed by atoms with E-state index in [2.05, 4.69) is 5.32 Å². The summed E-state index contributed by atoms with van der Waals surface area (Å²) in [5.41, 5.74) is 1.08. The molecule has 0 saturated carbocycles. The third-order valence-corrected chi connectivity index (χ3v) is 4.42. The van der Waals surface area contributed by atoms with Gasteiger partial charge in [-0.25, -0.2) is 4.79 Å². The zero-order valence-electron chi connectivity index (χ0n) is 14.9. The van der Waals surface area contributed by atoms with Crippen LogP contribution >= 0.6 is 11.6 Å². The lowest BCUT2D eigenvalue weighted by Crippen LogP contribution is -2.35. The van der Waals surface area contributed by atoms with Gasteiger partial charge in [0.25, 0.3) is 5.91 Å². The number of nitrogens with one attached hydrogen (secondary N) is 1. The Balaban J connectivity index is 1.57. The van der Waals surface area contributed by atoms with Crippen molar-refractivity contribution in [3.63, 3.8) is 0 Å². The first-order chi connectivity index (χ1) is 13.0. The van der Waals surface area contributed by atoms with Gasteiger partial charge in [0.2, 0.25) is 0 Å². The number of carbonyl (C=O) groups is 2. The van der Waals surface area contributed by atoms with E-state index >= 15 is 0 Å². The molecule has 0 radical (unpaired) electrons. The van der Waals surface area contributed by atoms with Crippen LogP contribution in [-0.2, 0) is 16.1 Å². The third-order valence-electron chi connectivity index (χ3n) is 4.05. The summed E-state index contributed by atoms with van der Waals surface area (Å²) in [5.74, 6) is 0.0796. The van der Waals surface area contributed by atoms with Crippen LogP contribution in [0.3, 0.4) is 0 Å². The van der Waals surface area contributed by atoms with Gasteiger partial charge in [0.05, 0.1) is 18.8 Å². The number of ether oxygens (including phenoxy) is 3. The minimum absolute atomic E-state index is 0.254. The van der Waals surface area contributed by atoms with E-state index in [1.165, 1.54) is 6.92 Å². The first-order valence-electron chi connectivity index (χ1n) is 8.66. The molecule has 1 aliphatic heterocycles. The van der Waals surface area contributed by atoms with E-state index in [-0.39, 0.29) is 6.54 Å². The first kappa shape index (κ1) is 19.0. The summed E-state index contributed by atoms with van der Waals surface area (Å²) < 4.78 is 16.4. The highest BCUT2D eigenvalue weighted by molar-refractivity contribution is 6.31. The summed E-state index contributed by atoms with van der Waals surface area (Å²) in [5, 5.41) is 3.27. The average Bonchev–Trinajstić information content (AvgIpc) is 2.91. The highest BCUT2D eigenvalue weighted by Crippen LogP contribution is 2.30. The Morgan fingerprint density at radius 2 is 1.89 bits per heavy atom. The van der Waals surface area contributed by atoms with Crippen LogP contribution in [0.15, 0.2) is 42.5 Å². The number of amides is 1. The maximum absolute atomic E-state index is 12.3. The molecular formula is C20H20ClNO5. The van der Waals surface area contributed by atoms with Gasteiger partial charge in [0.15, 0.2) is 17.6 Å². The van der Waals surface area contributed by atoms with Gasteiger partial charge in [-0.3, -0.25) is 4.79 Å². The SMILES string of the molecule is CC(OC(=O)c1ccc2c(c1)OCCCO2)C(=O)NCc1ccccc1Cl. The standard InChI is InChI=1S/C20H20ClNO5/c1-13(19(23)22-12-15-5-2-3-6-16(15)21)27-20(24)14-7-8-17-18(11-14)26-10-4-9-25-17/h2-3,5-8,11,13H,4,9-10,12H2,1H3,(H,22,23). The predicted molar refractivity (Wildman–Crippen MR) is 100 cm³/mol. The maximum atomic E-state index is 12.3. The molecule has 0 aliphatic carbocycles. The number of rotatable bonds is 5. The molecule has 142 valence electrons. The molecule has 27 heavy (non-hydrogen) atoms. The van der Waals surface area contributed by atoms with Gasteiger partial charge in [-0.1, -0.05) is 29.8 Å². The molecule has 1 N–H and O–H groups in total. The molecule has 6 nitrogen and oxygen atoms in total. The molecule has 0 spiro atoms. The van der Waals surface area contributed by atoms with Crippen LogP contribution in [0.25, 0.3) is 0 Å². The van der Waals surface area contributed by atoms with Crippen LogP contribution in [-0.4, -0.2) is 31.2 Å². The van der Waals surface area contributed by atoms with Crippen molar-refractivity contribution in [1.29, 1.82) is 0 Å². The van der Waals surface area contributed by atoms with Crippen molar-refractivity contribution >= 4 is 23.5 Å². The summed E-state index contributed by atoms with van der Waals surface area (Å²) in [7, 11) is 0. The van der Waals surface area contributed by atoms with Crippen LogP contribution in [0.2, 0.25) is 5.02 Å². The molecule has 1 unspecified atom stereocenters. The largest absolute Gasteiger partial charge is 0.490 e. The summed E-state index contributed by atoms with van der Waals surface area (Å²) in [4.78, 5) is 24.5. The van der Waals surface area contributed by atoms with Crippen molar-refractivity contribution in [3.8, 4) is 11.5 Å². The van der Waals surface area contributed by atoms with Gasteiger partial charge in [0.1, 0.15) is 0 Å². The van der Waals surface area contributed by atoms with E-state index in [1.807, 2.05) is 18.2 Å². The van der Waals surface area contributed by atoms with Crippen LogP contribution < -0.4 is 14.8 Å². The predicted octanol–water partition coefficient (Wildman–Crippen LogP) is 3.36. The van der Waals surface area contributed by atoms with E-state index in [0.717, 1.165) is 12.0 Å². The molecule has 2 aromatic rings. The number of benzene rings is 2. The van der Waals surface area contributed by atoms with Crippen molar-refractivity contribution < 1.29 is 23.8 Å². The lowest BCUT2D eigenvalue weighted by molar-refractivity contribution is -0.129. The molecule has 0 aromatic heterocycles. The second-order valence-electron chi connectivity index (χ2n) is 6.07. The van der Waals surface area contributed by atoms with E-state index in [1.54, 1.807) is 24.3 Å². The summed E-state index contributed by atoms with van der Waals surface area (Å²) in [6, 6.07) is 12.0. The molecule has 2 aromatic carbocycles. The van der Waals surface area contributed by atoms with Crippen molar-refractivity contribution in [3.05, 3.63) is 58.6 Å². The Kier molecular flexibility index (Phi) is 6.19. The highest BCUT2D eigenvalue weighted by atomic mass is 35.5. The second-order valence-corrected chi connectivity index (χ2v) is 6.48. The highest BCUT2D eigenvalue weighted by Gasteiger charge is 2.21. The molecule has 0 bridgehead atoms. The van der Waals surface area contributed by atoms with E-state index < -0.39 is 18.0 Å². The molecular weight excluding hydrogens is 370 g/mol. The molecule has 0 saturated heterocycles. The van der Waals surface area contributed by atoms with Gasteiger partial charge < -0.3 is 19.5 Å². The molecule has 7 heteroatoms. The van der Waals surface area contributed by atoms with Crippen LogP contribution in [0.5, 0.6) is 11.5 Å². The minimum Gasteiger partial charge on any atom is -0.490 e. The lowest BCUT2D eigenvalue weighted by atomic mass is 10.2. The quantitative estimate of drug-likeness (QED) is 0.794. The van der Waals surface area contributed by atoms with Crippen molar-refractivity contribution in [2.24, 2.45) is 0 Å². The van der Waals surface area contributed by atoms with Gasteiger partial charge in [-0.2, -0.15) is 0 Å². The summed E-state index contributed by atoms with van der Waals surface area (Å²) in [6.07, 6.45) is -0.173. The molecule has 3 rings (SSSR count). The molecule has 1 amide bonds. The number of halogens is 1. The zero-order valence-corrected chi connectivity index (χ0v) is 15.6. The fraction of sp³-hybridized carbons (Fsp3) is 0.300. The fourth-order valence-electron chi connectivity index (χ4n) is 2.54. The Labute approximate surface area is 162 Å². The minimum atomic E-state index is -0.948. The zero-order chi connectivity index (χ0) is 19.2. The van der Waals surface area contributed by atoms with Gasteiger partial charge in [-0.15, -0.1) is 0 Å². The summed E-state index contributed by atoms with van der Waals surface area (Å²) in [6.45, 7) is 2.86. The van der Waals surface area contributed by atoms with Gasteiger partial charge >= 0.3 is 5.97 Å². The number of carbonyl (C=O) groups excluding carboxylic acids is 2. The number of esters is 1.